The minimum Gasteiger partial charge on any atom is -0.444 e. The first kappa shape index (κ1) is 18.6. The van der Waals surface area contributed by atoms with Crippen LogP contribution in [0.25, 0.3) is 0 Å². The molecule has 0 saturated heterocycles. The summed E-state index contributed by atoms with van der Waals surface area (Å²) in [5.41, 5.74) is -0.160. The Morgan fingerprint density at radius 3 is 2.43 bits per heavy atom. The molecule has 2 bridgehead atoms. The van der Waals surface area contributed by atoms with E-state index in [0.717, 1.165) is 25.7 Å². The summed E-state index contributed by atoms with van der Waals surface area (Å²) in [6.45, 7) is 13.4. The fourth-order valence-corrected chi connectivity index (χ4v) is 5.87. The standard InChI is InChI=1S/C19H35NO3/c1-14-7-17(5)9-18(6,11-19(8-14,10-17)13-21)12-20-15(22)23-16(2,3)4/h14,21H,7-13H2,1-6H3,(H,20,22). The summed E-state index contributed by atoms with van der Waals surface area (Å²) in [6, 6.07) is 0. The first-order chi connectivity index (χ1) is 10.4. The molecular weight excluding hydrogens is 290 g/mol. The zero-order valence-electron chi connectivity index (χ0n) is 15.8. The third-order valence-corrected chi connectivity index (χ3v) is 5.47. The number of rotatable bonds is 3. The third-order valence-electron chi connectivity index (χ3n) is 5.47. The lowest BCUT2D eigenvalue weighted by atomic mass is 9.47. The number of nitrogens with one attached hydrogen (secondary N) is 1. The minimum absolute atomic E-state index is 0.0206. The van der Waals surface area contributed by atoms with Crippen LogP contribution in [0, 0.1) is 22.2 Å². The van der Waals surface area contributed by atoms with Crippen molar-refractivity contribution in [2.24, 2.45) is 22.2 Å². The maximum Gasteiger partial charge on any atom is 0.407 e. The largest absolute Gasteiger partial charge is 0.444 e. The van der Waals surface area contributed by atoms with Gasteiger partial charge in [0.1, 0.15) is 5.60 Å². The number of hydrogen-bond donors (Lipinski definition) is 2. The fourth-order valence-electron chi connectivity index (χ4n) is 5.87. The maximum atomic E-state index is 12.0. The molecule has 2 N–H and O–H groups in total. The Morgan fingerprint density at radius 2 is 1.87 bits per heavy atom. The van der Waals surface area contributed by atoms with E-state index >= 15 is 0 Å². The highest BCUT2D eigenvalue weighted by Gasteiger charge is 2.54. The third kappa shape index (κ3) is 4.62. The Hall–Kier alpha value is -0.770. The van der Waals surface area contributed by atoms with Crippen molar-refractivity contribution in [3.05, 3.63) is 0 Å². The van der Waals surface area contributed by atoms with Crippen LogP contribution in [0.5, 0.6) is 0 Å². The number of aliphatic hydroxyl groups excluding tert-OH is 1. The van der Waals surface area contributed by atoms with Gasteiger partial charge < -0.3 is 15.2 Å². The van der Waals surface area contributed by atoms with Crippen LogP contribution in [0.1, 0.15) is 73.6 Å². The van der Waals surface area contributed by atoms with Crippen molar-refractivity contribution in [3.63, 3.8) is 0 Å². The van der Waals surface area contributed by atoms with Gasteiger partial charge in [0.25, 0.3) is 0 Å². The molecule has 2 aliphatic rings. The summed E-state index contributed by atoms with van der Waals surface area (Å²) in [4.78, 5) is 12.0. The van der Waals surface area contributed by atoms with Gasteiger partial charge in [-0.05, 0) is 75.0 Å². The summed E-state index contributed by atoms with van der Waals surface area (Å²) in [7, 11) is 0. The highest BCUT2D eigenvalue weighted by atomic mass is 16.6. The molecule has 0 aliphatic heterocycles. The van der Waals surface area contributed by atoms with E-state index < -0.39 is 5.60 Å². The molecule has 0 spiro atoms. The van der Waals surface area contributed by atoms with E-state index in [1.807, 2.05) is 20.8 Å². The van der Waals surface area contributed by atoms with Gasteiger partial charge in [0.15, 0.2) is 0 Å². The van der Waals surface area contributed by atoms with E-state index in [1.165, 1.54) is 6.42 Å². The van der Waals surface area contributed by atoms with E-state index in [0.29, 0.717) is 12.5 Å². The van der Waals surface area contributed by atoms with Crippen LogP contribution in [0.15, 0.2) is 0 Å². The summed E-state index contributed by atoms with van der Waals surface area (Å²) in [5, 5.41) is 13.0. The van der Waals surface area contributed by atoms with Gasteiger partial charge in [-0.3, -0.25) is 0 Å². The van der Waals surface area contributed by atoms with Crippen molar-refractivity contribution >= 4 is 6.09 Å². The topological polar surface area (TPSA) is 58.6 Å². The molecule has 4 atom stereocenters. The molecule has 0 radical (unpaired) electrons. The molecule has 0 aromatic carbocycles. The normalized spacial score (nSPS) is 40.6. The van der Waals surface area contributed by atoms with E-state index in [4.69, 9.17) is 4.74 Å². The summed E-state index contributed by atoms with van der Waals surface area (Å²) >= 11 is 0. The van der Waals surface area contributed by atoms with E-state index in [9.17, 15) is 9.90 Å². The highest BCUT2D eigenvalue weighted by Crippen LogP contribution is 2.62. The van der Waals surface area contributed by atoms with Crippen LogP contribution in [0.2, 0.25) is 0 Å². The summed E-state index contributed by atoms with van der Waals surface area (Å²) in [6.07, 6.45) is 5.17. The van der Waals surface area contributed by atoms with Crippen molar-refractivity contribution in [1.82, 2.24) is 5.32 Å². The average molecular weight is 325 g/mol. The first-order valence-corrected chi connectivity index (χ1v) is 8.96. The Kier molecular flexibility index (Phi) is 4.80. The number of carbonyl (C=O) groups is 1. The van der Waals surface area contributed by atoms with Gasteiger partial charge in [-0.25, -0.2) is 4.79 Å². The van der Waals surface area contributed by atoms with Crippen molar-refractivity contribution in [2.45, 2.75) is 79.2 Å². The van der Waals surface area contributed by atoms with Crippen LogP contribution in [0.4, 0.5) is 4.79 Å². The molecule has 4 unspecified atom stereocenters. The fraction of sp³-hybridized carbons (Fsp3) is 0.947. The molecule has 2 saturated carbocycles. The van der Waals surface area contributed by atoms with Crippen molar-refractivity contribution in [1.29, 1.82) is 0 Å². The number of alkyl carbamates (subject to hydrolysis) is 1. The molecule has 0 aromatic heterocycles. The van der Waals surface area contributed by atoms with Gasteiger partial charge in [0.2, 0.25) is 0 Å². The summed E-state index contributed by atoms with van der Waals surface area (Å²) < 4.78 is 5.36. The molecule has 23 heavy (non-hydrogen) atoms. The van der Waals surface area contributed by atoms with Gasteiger partial charge in [0.05, 0.1) is 0 Å². The average Bonchev–Trinajstić information content (AvgIpc) is 2.31. The predicted molar refractivity (Wildman–Crippen MR) is 92.2 cm³/mol. The number of aliphatic hydroxyl groups is 1. The van der Waals surface area contributed by atoms with Crippen LogP contribution in [0.3, 0.4) is 0 Å². The molecule has 134 valence electrons. The molecule has 4 heteroatoms. The zero-order valence-corrected chi connectivity index (χ0v) is 15.8. The highest BCUT2D eigenvalue weighted by molar-refractivity contribution is 5.67. The van der Waals surface area contributed by atoms with Gasteiger partial charge in [-0.1, -0.05) is 20.8 Å². The second kappa shape index (κ2) is 5.94. The Morgan fingerprint density at radius 1 is 1.22 bits per heavy atom. The Balaban J connectivity index is 2.06. The molecule has 4 nitrogen and oxygen atoms in total. The van der Waals surface area contributed by atoms with E-state index in [1.54, 1.807) is 0 Å². The SMILES string of the molecule is CC1CC2(C)CC(C)(CNC(=O)OC(C)(C)C)CC(CO)(C1)C2. The second-order valence-corrected chi connectivity index (χ2v) is 10.2. The van der Waals surface area contributed by atoms with E-state index in [2.05, 4.69) is 26.1 Å². The number of fused-ring (bicyclic) bond motifs is 2. The van der Waals surface area contributed by atoms with E-state index in [-0.39, 0.29) is 28.9 Å². The van der Waals surface area contributed by atoms with Crippen molar-refractivity contribution < 1.29 is 14.6 Å². The monoisotopic (exact) mass is 325 g/mol. The van der Waals surface area contributed by atoms with Gasteiger partial charge in [0, 0.05) is 13.2 Å². The number of amides is 1. The lowest BCUT2D eigenvalue weighted by Crippen LogP contribution is -2.53. The van der Waals surface area contributed by atoms with Gasteiger partial charge in [-0.2, -0.15) is 0 Å². The van der Waals surface area contributed by atoms with Crippen LogP contribution < -0.4 is 5.32 Å². The van der Waals surface area contributed by atoms with Crippen LogP contribution >= 0.6 is 0 Å². The number of hydrogen-bond acceptors (Lipinski definition) is 3. The van der Waals surface area contributed by atoms with Gasteiger partial charge >= 0.3 is 6.09 Å². The number of ether oxygens (including phenoxy) is 1. The van der Waals surface area contributed by atoms with Crippen molar-refractivity contribution in [3.8, 4) is 0 Å². The molecule has 0 heterocycles. The predicted octanol–water partition coefficient (Wildman–Crippen LogP) is 4.12. The molecule has 1 amide bonds. The lowest BCUT2D eigenvalue weighted by Gasteiger charge is -2.58. The zero-order chi connectivity index (χ0) is 17.5. The molecular formula is C19H35NO3. The quantitative estimate of drug-likeness (QED) is 0.820. The Labute approximate surface area is 141 Å². The maximum absolute atomic E-state index is 12.0. The molecule has 2 aliphatic carbocycles. The molecule has 0 aromatic rings. The second-order valence-electron chi connectivity index (χ2n) is 10.2. The number of carbonyl (C=O) groups excluding carboxylic acids is 1. The smallest absolute Gasteiger partial charge is 0.407 e. The van der Waals surface area contributed by atoms with Crippen molar-refractivity contribution in [2.75, 3.05) is 13.2 Å². The van der Waals surface area contributed by atoms with Crippen LogP contribution in [-0.2, 0) is 4.74 Å². The molecule has 2 rings (SSSR count). The summed E-state index contributed by atoms with van der Waals surface area (Å²) in [5.74, 6) is 0.671. The Bertz CT molecular complexity index is 458. The molecule has 2 fully saturated rings. The van der Waals surface area contributed by atoms with Crippen LogP contribution in [-0.4, -0.2) is 30.0 Å². The minimum atomic E-state index is -0.470. The van der Waals surface area contributed by atoms with Gasteiger partial charge in [-0.15, -0.1) is 0 Å². The lowest BCUT2D eigenvalue weighted by molar-refractivity contribution is -0.101. The first-order valence-electron chi connectivity index (χ1n) is 8.96.